The van der Waals surface area contributed by atoms with Crippen molar-refractivity contribution in [1.82, 2.24) is 0 Å². The van der Waals surface area contributed by atoms with E-state index in [1.165, 1.54) is 7.11 Å². The molecule has 0 aromatic heterocycles. The highest BCUT2D eigenvalue weighted by Crippen LogP contribution is 2.05. The van der Waals surface area contributed by atoms with Crippen LogP contribution in [-0.4, -0.2) is 39.0 Å². The van der Waals surface area contributed by atoms with E-state index in [2.05, 4.69) is 4.74 Å². The normalized spacial score (nSPS) is 24.6. The first-order chi connectivity index (χ1) is 5.33. The minimum absolute atomic E-state index is 0.115. The van der Waals surface area contributed by atoms with Gasteiger partial charge in [-0.3, -0.25) is 4.79 Å². The van der Waals surface area contributed by atoms with Gasteiger partial charge in [0.1, 0.15) is 0 Å². The zero-order chi connectivity index (χ0) is 8.10. The van der Waals surface area contributed by atoms with Crippen LogP contribution in [0.5, 0.6) is 0 Å². The first-order valence-electron chi connectivity index (χ1n) is 3.59. The molecule has 0 saturated carbocycles. The fourth-order valence-corrected chi connectivity index (χ4v) is 0.924. The third-order valence-corrected chi connectivity index (χ3v) is 1.51. The van der Waals surface area contributed by atoms with Crippen molar-refractivity contribution in [3.8, 4) is 0 Å². The summed E-state index contributed by atoms with van der Waals surface area (Å²) in [7, 11) is 1.37. The van der Waals surface area contributed by atoms with E-state index in [9.17, 15) is 4.79 Å². The highest BCUT2D eigenvalue weighted by molar-refractivity contribution is 5.69. The summed E-state index contributed by atoms with van der Waals surface area (Å²) in [5.41, 5.74) is 0. The van der Waals surface area contributed by atoms with Crippen LogP contribution in [0, 0.1) is 0 Å². The predicted molar refractivity (Wildman–Crippen MR) is 37.2 cm³/mol. The van der Waals surface area contributed by atoms with Crippen LogP contribution in [0.2, 0.25) is 0 Å². The predicted octanol–water partition coefficient (Wildman–Crippen LogP) is -0.0351. The quantitative estimate of drug-likeness (QED) is 0.532. The van der Waals surface area contributed by atoms with Crippen molar-refractivity contribution in [1.29, 1.82) is 0 Å². The van der Waals surface area contributed by atoms with Gasteiger partial charge in [0.25, 0.3) is 0 Å². The van der Waals surface area contributed by atoms with Gasteiger partial charge in [0.05, 0.1) is 39.5 Å². The van der Waals surface area contributed by atoms with Gasteiger partial charge in [-0.25, -0.2) is 0 Å². The molecule has 1 heterocycles. The molecule has 4 heteroatoms. The standard InChI is InChI=1S/C7H12O4/c1-9-7(8)4-6-5-10-2-3-11-6/h6H,2-5H2,1H3/t6-/m0/s1. The summed E-state index contributed by atoms with van der Waals surface area (Å²) in [4.78, 5) is 10.7. The van der Waals surface area contributed by atoms with Crippen molar-refractivity contribution in [3.05, 3.63) is 0 Å². The van der Waals surface area contributed by atoms with E-state index in [1.807, 2.05) is 0 Å². The van der Waals surface area contributed by atoms with Gasteiger partial charge in [-0.1, -0.05) is 0 Å². The number of carbonyl (C=O) groups excluding carboxylic acids is 1. The average Bonchev–Trinajstić information content (AvgIpc) is 2.06. The molecule has 64 valence electrons. The Bertz CT molecular complexity index is 128. The number of rotatable bonds is 2. The number of carbonyl (C=O) groups is 1. The number of hydrogen-bond donors (Lipinski definition) is 0. The molecular formula is C7H12O4. The number of ether oxygens (including phenoxy) is 3. The Labute approximate surface area is 65.4 Å². The molecule has 0 aliphatic carbocycles. The maximum absolute atomic E-state index is 10.7. The van der Waals surface area contributed by atoms with E-state index >= 15 is 0 Å². The molecule has 1 fully saturated rings. The molecule has 1 saturated heterocycles. The highest BCUT2D eigenvalue weighted by Gasteiger charge is 2.17. The summed E-state index contributed by atoms with van der Waals surface area (Å²) in [5.74, 6) is -0.250. The third kappa shape index (κ3) is 2.86. The molecule has 0 N–H and O–H groups in total. The molecule has 0 bridgehead atoms. The molecule has 1 rings (SSSR count). The lowest BCUT2D eigenvalue weighted by atomic mass is 10.2. The van der Waals surface area contributed by atoms with Gasteiger partial charge in [-0.15, -0.1) is 0 Å². The Morgan fingerprint density at radius 2 is 2.45 bits per heavy atom. The Kier molecular flexibility index (Phi) is 3.32. The minimum Gasteiger partial charge on any atom is -0.469 e. The van der Waals surface area contributed by atoms with Crippen LogP contribution in [-0.2, 0) is 19.0 Å². The van der Waals surface area contributed by atoms with Crippen molar-refractivity contribution >= 4 is 5.97 Å². The van der Waals surface area contributed by atoms with Gasteiger partial charge >= 0.3 is 5.97 Å². The van der Waals surface area contributed by atoms with Gasteiger partial charge < -0.3 is 14.2 Å². The summed E-state index contributed by atoms with van der Waals surface area (Å²) in [5, 5.41) is 0. The maximum Gasteiger partial charge on any atom is 0.308 e. The Morgan fingerprint density at radius 1 is 1.64 bits per heavy atom. The molecule has 0 radical (unpaired) electrons. The van der Waals surface area contributed by atoms with Gasteiger partial charge in [0.15, 0.2) is 0 Å². The second kappa shape index (κ2) is 4.31. The summed E-state index contributed by atoms with van der Waals surface area (Å²) in [6.45, 7) is 1.69. The number of hydrogen-bond acceptors (Lipinski definition) is 4. The molecule has 11 heavy (non-hydrogen) atoms. The molecule has 4 nitrogen and oxygen atoms in total. The highest BCUT2D eigenvalue weighted by atomic mass is 16.6. The van der Waals surface area contributed by atoms with Crippen LogP contribution in [0.15, 0.2) is 0 Å². The summed E-state index contributed by atoms with van der Waals surface area (Å²) in [6, 6.07) is 0. The SMILES string of the molecule is COC(=O)C[C@H]1COCCO1. The van der Waals surface area contributed by atoms with E-state index in [4.69, 9.17) is 9.47 Å². The molecule has 1 aliphatic heterocycles. The molecule has 0 aromatic carbocycles. The second-order valence-electron chi connectivity index (χ2n) is 2.35. The van der Waals surface area contributed by atoms with Crippen molar-refractivity contribution in [2.75, 3.05) is 26.9 Å². The molecule has 1 atom stereocenters. The number of methoxy groups -OCH3 is 1. The van der Waals surface area contributed by atoms with E-state index in [0.717, 1.165) is 0 Å². The van der Waals surface area contributed by atoms with E-state index in [1.54, 1.807) is 0 Å². The first-order valence-corrected chi connectivity index (χ1v) is 3.59. The van der Waals surface area contributed by atoms with E-state index in [0.29, 0.717) is 19.8 Å². The lowest BCUT2D eigenvalue weighted by Crippen LogP contribution is -2.30. The Balaban J connectivity index is 2.19. The summed E-state index contributed by atoms with van der Waals surface area (Å²) < 4.78 is 14.8. The van der Waals surface area contributed by atoms with E-state index < -0.39 is 0 Å². The topological polar surface area (TPSA) is 44.8 Å². The molecule has 0 unspecified atom stereocenters. The van der Waals surface area contributed by atoms with Crippen LogP contribution in [0.25, 0.3) is 0 Å². The lowest BCUT2D eigenvalue weighted by molar-refractivity contribution is -0.149. The molecule has 1 aliphatic rings. The maximum atomic E-state index is 10.7. The van der Waals surface area contributed by atoms with Crippen LogP contribution in [0.3, 0.4) is 0 Å². The van der Waals surface area contributed by atoms with Crippen molar-refractivity contribution in [2.45, 2.75) is 12.5 Å². The monoisotopic (exact) mass is 160 g/mol. The largest absolute Gasteiger partial charge is 0.469 e. The fraction of sp³-hybridized carbons (Fsp3) is 0.857. The molecular weight excluding hydrogens is 148 g/mol. The summed E-state index contributed by atoms with van der Waals surface area (Å²) >= 11 is 0. The molecule has 0 amide bonds. The minimum atomic E-state index is -0.250. The van der Waals surface area contributed by atoms with Gasteiger partial charge in [-0.05, 0) is 0 Å². The van der Waals surface area contributed by atoms with Gasteiger partial charge in [-0.2, -0.15) is 0 Å². The van der Waals surface area contributed by atoms with Crippen molar-refractivity contribution < 1.29 is 19.0 Å². The smallest absolute Gasteiger partial charge is 0.308 e. The van der Waals surface area contributed by atoms with Crippen LogP contribution in [0.4, 0.5) is 0 Å². The zero-order valence-electron chi connectivity index (χ0n) is 6.54. The fourth-order valence-electron chi connectivity index (χ4n) is 0.924. The van der Waals surface area contributed by atoms with Gasteiger partial charge in [0.2, 0.25) is 0 Å². The zero-order valence-corrected chi connectivity index (χ0v) is 6.54. The first kappa shape index (κ1) is 8.49. The number of esters is 1. The lowest BCUT2D eigenvalue weighted by Gasteiger charge is -2.21. The van der Waals surface area contributed by atoms with Crippen molar-refractivity contribution in [2.24, 2.45) is 0 Å². The summed E-state index contributed by atoms with van der Waals surface area (Å²) in [6.07, 6.45) is 0.174. The average molecular weight is 160 g/mol. The molecule has 0 spiro atoms. The van der Waals surface area contributed by atoms with Crippen molar-refractivity contribution in [3.63, 3.8) is 0 Å². The second-order valence-corrected chi connectivity index (χ2v) is 2.35. The Hall–Kier alpha value is -0.610. The van der Waals surface area contributed by atoms with Crippen LogP contribution < -0.4 is 0 Å². The van der Waals surface area contributed by atoms with Crippen LogP contribution in [0.1, 0.15) is 6.42 Å². The Morgan fingerprint density at radius 3 is 3.00 bits per heavy atom. The molecule has 0 aromatic rings. The van der Waals surface area contributed by atoms with E-state index in [-0.39, 0.29) is 18.5 Å². The third-order valence-electron chi connectivity index (χ3n) is 1.51. The van der Waals surface area contributed by atoms with Crippen LogP contribution >= 0.6 is 0 Å². The van der Waals surface area contributed by atoms with Gasteiger partial charge in [0, 0.05) is 0 Å².